The molecule has 0 fully saturated rings. The Morgan fingerprint density at radius 1 is 1.28 bits per heavy atom. The summed E-state index contributed by atoms with van der Waals surface area (Å²) in [6.45, 7) is 3.35. The van der Waals surface area contributed by atoms with Crippen molar-refractivity contribution in [3.05, 3.63) is 29.8 Å². The first-order valence-corrected chi connectivity index (χ1v) is 6.23. The van der Waals surface area contributed by atoms with Gasteiger partial charge >= 0.3 is 0 Å². The number of nitrogens with one attached hydrogen (secondary N) is 1. The molecule has 1 aromatic carbocycles. The van der Waals surface area contributed by atoms with Gasteiger partial charge in [-0.3, -0.25) is 0 Å². The van der Waals surface area contributed by atoms with Crippen molar-refractivity contribution in [3.63, 3.8) is 0 Å². The third-order valence-electron chi connectivity index (χ3n) is 2.85. The lowest BCUT2D eigenvalue weighted by molar-refractivity contribution is 0.132. The van der Waals surface area contributed by atoms with Crippen molar-refractivity contribution in [2.45, 2.75) is 19.1 Å². The molecule has 0 aliphatic carbocycles. The molecule has 0 saturated carbocycles. The third-order valence-corrected chi connectivity index (χ3v) is 2.85. The number of likely N-dealkylation sites (N-methyl/N-ethyl adjacent to an activating group) is 1. The van der Waals surface area contributed by atoms with Crippen LogP contribution in [-0.2, 0) is 0 Å². The Bertz CT molecular complexity index is 338. The first-order chi connectivity index (χ1) is 8.52. The number of rotatable bonds is 7. The average molecular weight is 252 g/mol. The van der Waals surface area contributed by atoms with Gasteiger partial charge in [0.1, 0.15) is 5.75 Å². The van der Waals surface area contributed by atoms with Crippen LogP contribution >= 0.6 is 0 Å². The van der Waals surface area contributed by atoms with Gasteiger partial charge < -0.3 is 20.1 Å². The average Bonchev–Trinajstić information content (AvgIpc) is 2.35. The Kier molecular flexibility index (Phi) is 6.12. The van der Waals surface area contributed by atoms with Gasteiger partial charge in [0.15, 0.2) is 0 Å². The number of ether oxygens (including phenoxy) is 1. The number of hydrogen-bond acceptors (Lipinski definition) is 4. The van der Waals surface area contributed by atoms with Gasteiger partial charge in [-0.2, -0.15) is 0 Å². The van der Waals surface area contributed by atoms with Gasteiger partial charge in [-0.1, -0.05) is 12.1 Å². The van der Waals surface area contributed by atoms with Crippen LogP contribution in [0.3, 0.4) is 0 Å². The third kappa shape index (κ3) is 5.04. The van der Waals surface area contributed by atoms with E-state index in [0.29, 0.717) is 13.1 Å². The lowest BCUT2D eigenvalue weighted by Crippen LogP contribution is -2.36. The van der Waals surface area contributed by atoms with Crippen molar-refractivity contribution in [2.24, 2.45) is 0 Å². The molecule has 4 heteroatoms. The minimum Gasteiger partial charge on any atom is -0.497 e. The summed E-state index contributed by atoms with van der Waals surface area (Å²) in [5.41, 5.74) is 1.19. The summed E-state index contributed by atoms with van der Waals surface area (Å²) in [7, 11) is 5.57. The second-order valence-electron chi connectivity index (χ2n) is 4.82. The van der Waals surface area contributed by atoms with Crippen LogP contribution in [0.15, 0.2) is 24.3 Å². The highest BCUT2D eigenvalue weighted by atomic mass is 16.5. The molecule has 0 bridgehead atoms. The predicted octanol–water partition coefficient (Wildman–Crippen LogP) is 1.27. The van der Waals surface area contributed by atoms with E-state index < -0.39 is 0 Å². The summed E-state index contributed by atoms with van der Waals surface area (Å²) >= 11 is 0. The summed E-state index contributed by atoms with van der Waals surface area (Å²) < 4.78 is 5.12. The van der Waals surface area contributed by atoms with E-state index in [1.807, 2.05) is 43.3 Å². The van der Waals surface area contributed by atoms with Gasteiger partial charge in [0.25, 0.3) is 0 Å². The molecular formula is C14H24N2O2. The Morgan fingerprint density at radius 2 is 1.89 bits per heavy atom. The number of benzene rings is 1. The summed E-state index contributed by atoms with van der Waals surface area (Å²) in [4.78, 5) is 1.98. The van der Waals surface area contributed by atoms with Crippen LogP contribution in [0.5, 0.6) is 5.75 Å². The predicted molar refractivity (Wildman–Crippen MR) is 74.0 cm³/mol. The zero-order valence-electron chi connectivity index (χ0n) is 11.7. The fourth-order valence-corrected chi connectivity index (χ4v) is 1.81. The number of hydrogen-bond donors (Lipinski definition) is 2. The smallest absolute Gasteiger partial charge is 0.118 e. The Hall–Kier alpha value is -1.10. The summed E-state index contributed by atoms with van der Waals surface area (Å²) in [5, 5.41) is 13.1. The first kappa shape index (κ1) is 15.0. The quantitative estimate of drug-likeness (QED) is 0.767. The molecule has 0 radical (unpaired) electrons. The van der Waals surface area contributed by atoms with E-state index in [0.717, 1.165) is 5.75 Å². The minimum atomic E-state index is -0.347. The summed E-state index contributed by atoms with van der Waals surface area (Å²) in [6.07, 6.45) is -0.347. The fourth-order valence-electron chi connectivity index (χ4n) is 1.81. The van der Waals surface area contributed by atoms with Crippen molar-refractivity contribution in [1.82, 2.24) is 10.2 Å². The van der Waals surface area contributed by atoms with Crippen molar-refractivity contribution in [2.75, 3.05) is 34.3 Å². The van der Waals surface area contributed by atoms with E-state index in [2.05, 4.69) is 12.2 Å². The molecule has 0 heterocycles. The minimum absolute atomic E-state index is 0.215. The molecule has 102 valence electrons. The van der Waals surface area contributed by atoms with Crippen molar-refractivity contribution < 1.29 is 9.84 Å². The van der Waals surface area contributed by atoms with Crippen molar-refractivity contribution in [1.29, 1.82) is 0 Å². The van der Waals surface area contributed by atoms with Crippen LogP contribution in [-0.4, -0.2) is 50.4 Å². The van der Waals surface area contributed by atoms with Gasteiger partial charge in [0.2, 0.25) is 0 Å². The van der Waals surface area contributed by atoms with Gasteiger partial charge in [0.05, 0.1) is 13.2 Å². The van der Waals surface area contributed by atoms with Gasteiger partial charge in [-0.05, 0) is 38.7 Å². The van der Waals surface area contributed by atoms with E-state index >= 15 is 0 Å². The number of nitrogens with zero attached hydrogens (tertiary/aromatic N) is 1. The van der Waals surface area contributed by atoms with E-state index in [-0.39, 0.29) is 12.1 Å². The zero-order valence-corrected chi connectivity index (χ0v) is 11.7. The van der Waals surface area contributed by atoms with Gasteiger partial charge in [-0.15, -0.1) is 0 Å². The molecular weight excluding hydrogens is 228 g/mol. The second kappa shape index (κ2) is 7.36. The first-order valence-electron chi connectivity index (χ1n) is 6.23. The molecule has 18 heavy (non-hydrogen) atoms. The van der Waals surface area contributed by atoms with Crippen LogP contribution in [0.2, 0.25) is 0 Å². The van der Waals surface area contributed by atoms with Crippen molar-refractivity contribution >= 4 is 0 Å². The molecule has 0 aliphatic heterocycles. The van der Waals surface area contributed by atoms with Crippen LogP contribution in [0.1, 0.15) is 18.5 Å². The second-order valence-corrected chi connectivity index (χ2v) is 4.82. The van der Waals surface area contributed by atoms with Crippen LogP contribution in [0, 0.1) is 0 Å². The van der Waals surface area contributed by atoms with E-state index in [9.17, 15) is 5.11 Å². The summed E-state index contributed by atoms with van der Waals surface area (Å²) in [5.74, 6) is 0.860. The standard InChI is InChI=1S/C14H24N2O2/c1-11(15-9-13(17)10-16(2)3)12-5-7-14(18-4)8-6-12/h5-8,11,13,15,17H,9-10H2,1-4H3/t11-,13?/m1/s1. The molecule has 1 aromatic rings. The maximum Gasteiger partial charge on any atom is 0.118 e. The van der Waals surface area contributed by atoms with Gasteiger partial charge in [0, 0.05) is 19.1 Å². The molecule has 1 unspecified atom stereocenters. The lowest BCUT2D eigenvalue weighted by Gasteiger charge is -2.20. The fraction of sp³-hybridized carbons (Fsp3) is 0.571. The monoisotopic (exact) mass is 252 g/mol. The molecule has 0 aromatic heterocycles. The van der Waals surface area contributed by atoms with Crippen LogP contribution < -0.4 is 10.1 Å². The highest BCUT2D eigenvalue weighted by Gasteiger charge is 2.09. The normalized spacial score (nSPS) is 14.6. The highest BCUT2D eigenvalue weighted by molar-refractivity contribution is 5.28. The van der Waals surface area contributed by atoms with E-state index in [1.165, 1.54) is 5.56 Å². The Labute approximate surface area is 110 Å². The Balaban J connectivity index is 2.42. The Morgan fingerprint density at radius 3 is 2.39 bits per heavy atom. The number of methoxy groups -OCH3 is 1. The number of aliphatic hydroxyl groups excluding tert-OH is 1. The maximum absolute atomic E-state index is 9.77. The SMILES string of the molecule is COc1ccc([C@@H](C)NCC(O)CN(C)C)cc1. The molecule has 0 amide bonds. The van der Waals surface area contributed by atoms with E-state index in [1.54, 1.807) is 7.11 Å². The van der Waals surface area contributed by atoms with Crippen molar-refractivity contribution in [3.8, 4) is 5.75 Å². The molecule has 4 nitrogen and oxygen atoms in total. The molecule has 2 atom stereocenters. The van der Waals surface area contributed by atoms with Crippen LogP contribution in [0.25, 0.3) is 0 Å². The molecule has 2 N–H and O–H groups in total. The summed E-state index contributed by atoms with van der Waals surface area (Å²) in [6, 6.07) is 8.18. The number of aliphatic hydroxyl groups is 1. The van der Waals surface area contributed by atoms with E-state index in [4.69, 9.17) is 4.74 Å². The highest BCUT2D eigenvalue weighted by Crippen LogP contribution is 2.16. The lowest BCUT2D eigenvalue weighted by atomic mass is 10.1. The molecule has 0 spiro atoms. The maximum atomic E-state index is 9.77. The topological polar surface area (TPSA) is 44.7 Å². The zero-order chi connectivity index (χ0) is 13.5. The molecule has 0 aliphatic rings. The molecule has 0 saturated heterocycles. The molecule has 1 rings (SSSR count). The largest absolute Gasteiger partial charge is 0.497 e. The van der Waals surface area contributed by atoms with Crippen LogP contribution in [0.4, 0.5) is 0 Å². The van der Waals surface area contributed by atoms with Gasteiger partial charge in [-0.25, -0.2) is 0 Å².